The van der Waals surface area contributed by atoms with Gasteiger partial charge < -0.3 is 15.2 Å². The maximum atomic E-state index is 5.62. The van der Waals surface area contributed by atoms with Crippen LogP contribution in [-0.2, 0) is 6.42 Å². The molecule has 100 valence electrons. The zero-order chi connectivity index (χ0) is 13.8. The van der Waals surface area contributed by atoms with Crippen LogP contribution in [0.3, 0.4) is 0 Å². The second kappa shape index (κ2) is 5.56. The molecule has 2 rings (SSSR count). The lowest BCUT2D eigenvalue weighted by Gasteiger charge is -2.11. The number of aryl methyl sites for hydroxylation is 1. The average Bonchev–Trinajstić information content (AvgIpc) is 2.42. The van der Waals surface area contributed by atoms with E-state index in [9.17, 15) is 0 Å². The molecule has 0 fully saturated rings. The van der Waals surface area contributed by atoms with E-state index in [1.165, 1.54) is 0 Å². The topological polar surface area (TPSA) is 70.3 Å². The third-order valence-corrected chi connectivity index (χ3v) is 2.93. The van der Waals surface area contributed by atoms with E-state index in [4.69, 9.17) is 15.2 Å². The van der Waals surface area contributed by atoms with Gasteiger partial charge in [-0.25, -0.2) is 4.98 Å². The minimum atomic E-state index is 0.229. The number of hydrogen-bond acceptors (Lipinski definition) is 5. The van der Waals surface area contributed by atoms with E-state index in [-0.39, 0.29) is 5.95 Å². The third-order valence-electron chi connectivity index (χ3n) is 2.93. The number of aromatic nitrogens is 2. The third kappa shape index (κ3) is 2.93. The highest BCUT2D eigenvalue weighted by molar-refractivity contribution is 5.40. The van der Waals surface area contributed by atoms with Crippen molar-refractivity contribution in [1.29, 1.82) is 0 Å². The first kappa shape index (κ1) is 13.1. The number of hydrogen-bond donors (Lipinski definition) is 1. The quantitative estimate of drug-likeness (QED) is 0.909. The number of anilines is 1. The highest BCUT2D eigenvalue weighted by Crippen LogP contribution is 2.23. The summed E-state index contributed by atoms with van der Waals surface area (Å²) in [5.41, 5.74) is 8.53. The van der Waals surface area contributed by atoms with E-state index < -0.39 is 0 Å². The van der Waals surface area contributed by atoms with E-state index in [0.717, 1.165) is 22.6 Å². The molecule has 0 aliphatic rings. The first-order chi connectivity index (χ1) is 9.13. The van der Waals surface area contributed by atoms with Gasteiger partial charge in [0.15, 0.2) is 0 Å². The van der Waals surface area contributed by atoms with Crippen LogP contribution >= 0.6 is 0 Å². The van der Waals surface area contributed by atoms with Crippen molar-refractivity contribution in [3.63, 3.8) is 0 Å². The molecule has 0 amide bonds. The first-order valence-electron chi connectivity index (χ1n) is 5.94. The van der Waals surface area contributed by atoms with Crippen LogP contribution < -0.4 is 15.2 Å². The molecule has 5 nitrogen and oxygen atoms in total. The Morgan fingerprint density at radius 3 is 2.32 bits per heavy atom. The van der Waals surface area contributed by atoms with Gasteiger partial charge in [0.05, 0.1) is 19.9 Å². The Hall–Kier alpha value is -2.30. The van der Waals surface area contributed by atoms with Crippen LogP contribution in [0.25, 0.3) is 0 Å². The second-order valence-electron chi connectivity index (χ2n) is 4.18. The largest absolute Gasteiger partial charge is 0.497 e. The second-order valence-corrected chi connectivity index (χ2v) is 4.18. The van der Waals surface area contributed by atoms with Crippen LogP contribution in [0, 0.1) is 6.92 Å². The van der Waals surface area contributed by atoms with Gasteiger partial charge in [-0.05, 0) is 24.6 Å². The summed E-state index contributed by atoms with van der Waals surface area (Å²) >= 11 is 0. The SMILES string of the molecule is COc1ccc(Cc2c(C)nc(N)nc2OC)cc1. The molecule has 2 N–H and O–H groups in total. The molecule has 5 heteroatoms. The molecule has 0 spiro atoms. The van der Waals surface area contributed by atoms with Gasteiger partial charge in [-0.2, -0.15) is 4.98 Å². The van der Waals surface area contributed by atoms with Gasteiger partial charge in [-0.15, -0.1) is 0 Å². The fourth-order valence-electron chi connectivity index (χ4n) is 1.91. The lowest BCUT2D eigenvalue weighted by molar-refractivity contribution is 0.392. The summed E-state index contributed by atoms with van der Waals surface area (Å²) in [5, 5.41) is 0. The van der Waals surface area contributed by atoms with Crippen molar-refractivity contribution in [2.24, 2.45) is 0 Å². The molecular weight excluding hydrogens is 242 g/mol. The lowest BCUT2D eigenvalue weighted by atomic mass is 10.0. The van der Waals surface area contributed by atoms with Crippen LogP contribution in [0.15, 0.2) is 24.3 Å². The van der Waals surface area contributed by atoms with Gasteiger partial charge >= 0.3 is 0 Å². The van der Waals surface area contributed by atoms with Crippen LogP contribution in [0.5, 0.6) is 11.6 Å². The fraction of sp³-hybridized carbons (Fsp3) is 0.286. The fourth-order valence-corrected chi connectivity index (χ4v) is 1.91. The summed E-state index contributed by atoms with van der Waals surface area (Å²) in [7, 11) is 3.23. The van der Waals surface area contributed by atoms with Gasteiger partial charge in [0.25, 0.3) is 0 Å². The Kier molecular flexibility index (Phi) is 3.85. The normalized spacial score (nSPS) is 10.3. The van der Waals surface area contributed by atoms with E-state index in [0.29, 0.717) is 12.3 Å². The molecule has 1 heterocycles. The Labute approximate surface area is 112 Å². The van der Waals surface area contributed by atoms with Crippen molar-refractivity contribution in [1.82, 2.24) is 9.97 Å². The molecule has 0 atom stereocenters. The number of benzene rings is 1. The number of methoxy groups -OCH3 is 2. The minimum absolute atomic E-state index is 0.229. The van der Waals surface area contributed by atoms with Gasteiger partial charge in [-0.3, -0.25) is 0 Å². The number of nitrogen functional groups attached to an aromatic ring is 1. The zero-order valence-corrected chi connectivity index (χ0v) is 11.3. The maximum Gasteiger partial charge on any atom is 0.223 e. The molecule has 0 radical (unpaired) electrons. The first-order valence-corrected chi connectivity index (χ1v) is 5.94. The maximum absolute atomic E-state index is 5.62. The summed E-state index contributed by atoms with van der Waals surface area (Å²) in [5.74, 6) is 1.59. The Balaban J connectivity index is 2.31. The molecule has 0 aliphatic heterocycles. The summed E-state index contributed by atoms with van der Waals surface area (Å²) in [6.07, 6.45) is 0.694. The van der Waals surface area contributed by atoms with E-state index in [1.807, 2.05) is 31.2 Å². The average molecular weight is 259 g/mol. The predicted molar refractivity (Wildman–Crippen MR) is 73.5 cm³/mol. The van der Waals surface area contributed by atoms with Crippen LogP contribution in [0.2, 0.25) is 0 Å². The summed E-state index contributed by atoms with van der Waals surface area (Å²) in [6.45, 7) is 1.90. The standard InChI is InChI=1S/C14H17N3O2/c1-9-12(13(19-3)17-14(15)16-9)8-10-4-6-11(18-2)7-5-10/h4-7H,8H2,1-3H3,(H2,15,16,17). The van der Waals surface area contributed by atoms with Gasteiger partial charge in [0.1, 0.15) is 5.75 Å². The van der Waals surface area contributed by atoms with E-state index >= 15 is 0 Å². The number of nitrogens with two attached hydrogens (primary N) is 1. The zero-order valence-electron chi connectivity index (χ0n) is 11.3. The number of ether oxygens (including phenoxy) is 2. The Morgan fingerprint density at radius 2 is 1.74 bits per heavy atom. The van der Waals surface area contributed by atoms with Crippen molar-refractivity contribution in [2.45, 2.75) is 13.3 Å². The smallest absolute Gasteiger partial charge is 0.223 e. The molecule has 1 aromatic carbocycles. The summed E-state index contributed by atoms with van der Waals surface area (Å²) in [6, 6.07) is 7.87. The summed E-state index contributed by atoms with van der Waals surface area (Å²) < 4.78 is 10.4. The molecule has 0 aliphatic carbocycles. The lowest BCUT2D eigenvalue weighted by Crippen LogP contribution is -2.05. The van der Waals surface area contributed by atoms with Crippen molar-refractivity contribution >= 4 is 5.95 Å². The van der Waals surface area contributed by atoms with E-state index in [1.54, 1.807) is 14.2 Å². The van der Waals surface area contributed by atoms with Crippen LogP contribution in [-0.4, -0.2) is 24.2 Å². The minimum Gasteiger partial charge on any atom is -0.497 e. The predicted octanol–water partition coefficient (Wildman–Crippen LogP) is 1.98. The highest BCUT2D eigenvalue weighted by Gasteiger charge is 2.11. The van der Waals surface area contributed by atoms with Crippen LogP contribution in [0.1, 0.15) is 16.8 Å². The van der Waals surface area contributed by atoms with Gasteiger partial charge in [0, 0.05) is 12.0 Å². The van der Waals surface area contributed by atoms with Gasteiger partial charge in [-0.1, -0.05) is 12.1 Å². The van der Waals surface area contributed by atoms with Crippen molar-refractivity contribution in [3.8, 4) is 11.6 Å². The monoisotopic (exact) mass is 259 g/mol. The highest BCUT2D eigenvalue weighted by atomic mass is 16.5. The Morgan fingerprint density at radius 1 is 1.05 bits per heavy atom. The number of rotatable bonds is 4. The molecule has 1 aromatic heterocycles. The summed E-state index contributed by atoms with van der Waals surface area (Å²) in [4.78, 5) is 8.28. The van der Waals surface area contributed by atoms with Crippen molar-refractivity contribution < 1.29 is 9.47 Å². The number of nitrogens with zero attached hydrogens (tertiary/aromatic N) is 2. The van der Waals surface area contributed by atoms with Crippen molar-refractivity contribution in [3.05, 3.63) is 41.1 Å². The molecule has 19 heavy (non-hydrogen) atoms. The molecule has 0 unspecified atom stereocenters. The van der Waals surface area contributed by atoms with E-state index in [2.05, 4.69) is 9.97 Å². The molecule has 0 bridgehead atoms. The molecular formula is C14H17N3O2. The van der Waals surface area contributed by atoms with Gasteiger partial charge in [0.2, 0.25) is 11.8 Å². The molecule has 0 saturated heterocycles. The Bertz CT molecular complexity index is 568. The van der Waals surface area contributed by atoms with Crippen molar-refractivity contribution in [2.75, 3.05) is 20.0 Å². The molecule has 2 aromatic rings. The molecule has 0 saturated carbocycles. The van der Waals surface area contributed by atoms with Crippen LogP contribution in [0.4, 0.5) is 5.95 Å².